The smallest absolute Gasteiger partial charge is 0.0324 e. The molecule has 0 aliphatic heterocycles. The average Bonchev–Trinajstić information content (AvgIpc) is 2.25. The Labute approximate surface area is 119 Å². The van der Waals surface area contributed by atoms with Gasteiger partial charge < -0.3 is 5.73 Å². The number of halogens is 1. The molecule has 1 aromatic carbocycles. The first-order valence-corrected chi connectivity index (χ1v) is 7.77. The van der Waals surface area contributed by atoms with Gasteiger partial charge in [0.2, 0.25) is 0 Å². The van der Waals surface area contributed by atoms with Gasteiger partial charge in [0.05, 0.1) is 0 Å². The van der Waals surface area contributed by atoms with Gasteiger partial charge >= 0.3 is 0 Å². The van der Waals surface area contributed by atoms with E-state index in [0.717, 1.165) is 16.3 Å². The zero-order valence-electron chi connectivity index (χ0n) is 11.6. The van der Waals surface area contributed by atoms with Gasteiger partial charge in [0, 0.05) is 10.5 Å². The summed E-state index contributed by atoms with van der Waals surface area (Å²) in [5.41, 5.74) is 9.08. The fourth-order valence-electron chi connectivity index (χ4n) is 3.53. The third-order valence-corrected chi connectivity index (χ3v) is 4.63. The van der Waals surface area contributed by atoms with Gasteiger partial charge in [0.15, 0.2) is 0 Å². The standard InChI is InChI=1S/C16H24BrN/c1-10-4-11(2)6-13(5-10)16(18)14-7-12(3)8-15(17)9-14/h7-11,13,16H,4-6,18H2,1-3H3. The van der Waals surface area contributed by atoms with Gasteiger partial charge in [-0.25, -0.2) is 0 Å². The van der Waals surface area contributed by atoms with Crippen LogP contribution >= 0.6 is 15.9 Å². The molecule has 18 heavy (non-hydrogen) atoms. The molecule has 0 saturated heterocycles. The van der Waals surface area contributed by atoms with Gasteiger partial charge in [0.25, 0.3) is 0 Å². The second kappa shape index (κ2) is 5.75. The van der Waals surface area contributed by atoms with Crippen LogP contribution in [0, 0.1) is 24.7 Å². The summed E-state index contributed by atoms with van der Waals surface area (Å²) in [6.45, 7) is 6.86. The number of aryl methyl sites for hydroxylation is 1. The zero-order valence-corrected chi connectivity index (χ0v) is 13.2. The first-order chi connectivity index (χ1) is 8.45. The highest BCUT2D eigenvalue weighted by molar-refractivity contribution is 9.10. The van der Waals surface area contributed by atoms with Crippen LogP contribution in [0.5, 0.6) is 0 Å². The van der Waals surface area contributed by atoms with Gasteiger partial charge in [-0.3, -0.25) is 0 Å². The molecule has 0 aromatic heterocycles. The molecule has 1 aliphatic rings. The van der Waals surface area contributed by atoms with Crippen LogP contribution in [0.3, 0.4) is 0 Å². The summed E-state index contributed by atoms with van der Waals surface area (Å²) < 4.78 is 1.14. The molecule has 1 fully saturated rings. The van der Waals surface area contributed by atoms with Crippen molar-refractivity contribution in [2.24, 2.45) is 23.5 Å². The highest BCUT2D eigenvalue weighted by atomic mass is 79.9. The molecule has 1 aliphatic carbocycles. The number of nitrogens with two attached hydrogens (primary N) is 1. The summed E-state index contributed by atoms with van der Waals surface area (Å²) in [6, 6.07) is 6.75. The molecule has 100 valence electrons. The minimum Gasteiger partial charge on any atom is -0.324 e. The maximum absolute atomic E-state index is 6.51. The molecule has 0 heterocycles. The van der Waals surface area contributed by atoms with Crippen LogP contribution in [-0.2, 0) is 0 Å². The van der Waals surface area contributed by atoms with Gasteiger partial charge in [0.1, 0.15) is 0 Å². The van der Waals surface area contributed by atoms with Gasteiger partial charge in [-0.2, -0.15) is 0 Å². The van der Waals surface area contributed by atoms with Crippen molar-refractivity contribution >= 4 is 15.9 Å². The van der Waals surface area contributed by atoms with E-state index in [1.54, 1.807) is 0 Å². The molecular formula is C16H24BrN. The number of rotatable bonds is 2. The van der Waals surface area contributed by atoms with E-state index in [1.165, 1.54) is 30.4 Å². The molecule has 1 aromatic rings. The third-order valence-electron chi connectivity index (χ3n) is 4.17. The largest absolute Gasteiger partial charge is 0.324 e. The van der Waals surface area contributed by atoms with Crippen LogP contribution < -0.4 is 5.73 Å². The monoisotopic (exact) mass is 309 g/mol. The van der Waals surface area contributed by atoms with Crippen molar-refractivity contribution < 1.29 is 0 Å². The number of benzene rings is 1. The van der Waals surface area contributed by atoms with Gasteiger partial charge in [-0.05, 0) is 67.2 Å². The second-order valence-corrected chi connectivity index (χ2v) is 7.18. The van der Waals surface area contributed by atoms with E-state index in [0.29, 0.717) is 5.92 Å². The quantitative estimate of drug-likeness (QED) is 0.832. The highest BCUT2D eigenvalue weighted by Gasteiger charge is 2.29. The van der Waals surface area contributed by atoms with Crippen LogP contribution in [0.15, 0.2) is 22.7 Å². The Bertz CT molecular complexity index is 385. The van der Waals surface area contributed by atoms with E-state index in [1.807, 2.05) is 0 Å². The Kier molecular flexibility index (Phi) is 4.50. The summed E-state index contributed by atoms with van der Waals surface area (Å²) >= 11 is 3.57. The molecule has 1 nitrogen and oxygen atoms in total. The van der Waals surface area contributed by atoms with Crippen molar-refractivity contribution in [2.45, 2.75) is 46.1 Å². The number of hydrogen-bond donors (Lipinski definition) is 1. The Balaban J connectivity index is 2.17. The minimum atomic E-state index is 0.186. The van der Waals surface area contributed by atoms with E-state index in [2.05, 4.69) is 54.9 Å². The van der Waals surface area contributed by atoms with Crippen LogP contribution in [0.2, 0.25) is 0 Å². The SMILES string of the molecule is Cc1cc(Br)cc(C(N)C2CC(C)CC(C)C2)c1. The summed E-state index contributed by atoms with van der Waals surface area (Å²) in [6.07, 6.45) is 3.91. The molecule has 2 rings (SSSR count). The summed E-state index contributed by atoms with van der Waals surface area (Å²) in [5.74, 6) is 2.27. The van der Waals surface area contributed by atoms with Crippen LogP contribution in [0.25, 0.3) is 0 Å². The topological polar surface area (TPSA) is 26.0 Å². The van der Waals surface area contributed by atoms with E-state index >= 15 is 0 Å². The first-order valence-electron chi connectivity index (χ1n) is 6.98. The predicted molar refractivity (Wildman–Crippen MR) is 81.5 cm³/mol. The summed E-state index contributed by atoms with van der Waals surface area (Å²) in [5, 5.41) is 0. The lowest BCUT2D eigenvalue weighted by Gasteiger charge is -2.35. The maximum Gasteiger partial charge on any atom is 0.0324 e. The molecule has 0 amide bonds. The van der Waals surface area contributed by atoms with Crippen molar-refractivity contribution in [2.75, 3.05) is 0 Å². The van der Waals surface area contributed by atoms with Crippen LogP contribution in [0.1, 0.15) is 50.3 Å². The lowest BCUT2D eigenvalue weighted by Crippen LogP contribution is -2.29. The van der Waals surface area contributed by atoms with Crippen molar-refractivity contribution in [3.05, 3.63) is 33.8 Å². The number of hydrogen-bond acceptors (Lipinski definition) is 1. The Hall–Kier alpha value is -0.340. The fourth-order valence-corrected chi connectivity index (χ4v) is 4.16. The second-order valence-electron chi connectivity index (χ2n) is 6.27. The minimum absolute atomic E-state index is 0.186. The van der Waals surface area contributed by atoms with E-state index in [4.69, 9.17) is 5.73 Å². The van der Waals surface area contributed by atoms with Crippen LogP contribution in [-0.4, -0.2) is 0 Å². The van der Waals surface area contributed by atoms with Crippen molar-refractivity contribution in [1.82, 2.24) is 0 Å². The van der Waals surface area contributed by atoms with Gasteiger partial charge in [-0.1, -0.05) is 35.8 Å². The molecule has 2 heteroatoms. The van der Waals surface area contributed by atoms with Crippen molar-refractivity contribution in [3.8, 4) is 0 Å². The van der Waals surface area contributed by atoms with Crippen molar-refractivity contribution in [3.63, 3.8) is 0 Å². The normalized spacial score (nSPS) is 30.2. The zero-order chi connectivity index (χ0) is 13.3. The van der Waals surface area contributed by atoms with E-state index in [9.17, 15) is 0 Å². The maximum atomic E-state index is 6.51. The summed E-state index contributed by atoms with van der Waals surface area (Å²) in [4.78, 5) is 0. The third kappa shape index (κ3) is 3.36. The Morgan fingerprint density at radius 3 is 2.28 bits per heavy atom. The Morgan fingerprint density at radius 1 is 1.11 bits per heavy atom. The lowest BCUT2D eigenvalue weighted by atomic mass is 9.72. The first kappa shape index (κ1) is 14.1. The Morgan fingerprint density at radius 2 is 1.72 bits per heavy atom. The van der Waals surface area contributed by atoms with E-state index < -0.39 is 0 Å². The summed E-state index contributed by atoms with van der Waals surface area (Å²) in [7, 11) is 0. The molecule has 3 atom stereocenters. The fraction of sp³-hybridized carbons (Fsp3) is 0.625. The molecule has 2 N–H and O–H groups in total. The molecular weight excluding hydrogens is 286 g/mol. The molecule has 1 saturated carbocycles. The predicted octanol–water partition coefficient (Wildman–Crippen LogP) is 4.83. The molecule has 3 unspecified atom stereocenters. The lowest BCUT2D eigenvalue weighted by molar-refractivity contribution is 0.193. The average molecular weight is 310 g/mol. The highest BCUT2D eigenvalue weighted by Crippen LogP contribution is 2.39. The van der Waals surface area contributed by atoms with E-state index in [-0.39, 0.29) is 6.04 Å². The van der Waals surface area contributed by atoms with Crippen LogP contribution in [0.4, 0.5) is 0 Å². The molecule has 0 spiro atoms. The van der Waals surface area contributed by atoms with Crippen molar-refractivity contribution in [1.29, 1.82) is 0 Å². The molecule has 0 bridgehead atoms. The van der Waals surface area contributed by atoms with Gasteiger partial charge in [-0.15, -0.1) is 0 Å². The molecule has 0 radical (unpaired) electrons.